The molecule has 0 aromatic rings. The molecule has 0 aliphatic heterocycles. The lowest BCUT2D eigenvalue weighted by Gasteiger charge is -2.28. The van der Waals surface area contributed by atoms with Gasteiger partial charge in [-0.3, -0.25) is 9.59 Å². The van der Waals surface area contributed by atoms with Gasteiger partial charge in [0.1, 0.15) is 0 Å². The topological polar surface area (TPSA) is 52.6 Å². The van der Waals surface area contributed by atoms with Crippen LogP contribution in [0, 0.1) is 17.3 Å². The normalized spacial score (nSPS) is 10.8. The molecular formula is C16H24O4. The number of esters is 2. The van der Waals surface area contributed by atoms with Gasteiger partial charge in [0, 0.05) is 6.42 Å². The van der Waals surface area contributed by atoms with E-state index in [0.29, 0.717) is 0 Å². The van der Waals surface area contributed by atoms with Crippen LogP contribution in [0.5, 0.6) is 0 Å². The third-order valence-corrected chi connectivity index (χ3v) is 2.53. The monoisotopic (exact) mass is 280 g/mol. The summed E-state index contributed by atoms with van der Waals surface area (Å²) in [6.07, 6.45) is 1.09. The van der Waals surface area contributed by atoms with Gasteiger partial charge in [0.05, 0.1) is 12.2 Å². The van der Waals surface area contributed by atoms with E-state index in [2.05, 4.69) is 18.4 Å². The average Bonchev–Trinajstić information content (AvgIpc) is 2.32. The van der Waals surface area contributed by atoms with Gasteiger partial charge in [0.15, 0.2) is 5.41 Å². The summed E-state index contributed by atoms with van der Waals surface area (Å²) in [7, 11) is 0. The van der Waals surface area contributed by atoms with Gasteiger partial charge in [0.25, 0.3) is 0 Å². The van der Waals surface area contributed by atoms with Crippen LogP contribution in [0.25, 0.3) is 0 Å². The van der Waals surface area contributed by atoms with E-state index in [9.17, 15) is 9.59 Å². The van der Waals surface area contributed by atoms with Gasteiger partial charge < -0.3 is 9.47 Å². The lowest BCUT2D eigenvalue weighted by Crippen LogP contribution is -2.43. The molecule has 0 amide bonds. The number of hydrogen-bond donors (Lipinski definition) is 0. The minimum absolute atomic E-state index is 0.0621. The molecule has 0 fully saturated rings. The first-order chi connectivity index (χ1) is 9.30. The van der Waals surface area contributed by atoms with E-state index in [1.54, 1.807) is 34.6 Å². The van der Waals surface area contributed by atoms with Crippen LogP contribution in [-0.4, -0.2) is 24.1 Å². The van der Waals surface area contributed by atoms with Crippen LogP contribution in [0.3, 0.4) is 0 Å². The zero-order chi connectivity index (χ0) is 15.8. The van der Waals surface area contributed by atoms with Crippen LogP contribution in [0.4, 0.5) is 0 Å². The molecule has 0 spiro atoms. The van der Waals surface area contributed by atoms with Gasteiger partial charge >= 0.3 is 11.9 Å². The van der Waals surface area contributed by atoms with Crippen molar-refractivity contribution in [1.29, 1.82) is 0 Å². The first-order valence-corrected chi connectivity index (χ1v) is 6.72. The maximum Gasteiger partial charge on any atom is 0.325 e. The minimum atomic E-state index is -1.43. The van der Waals surface area contributed by atoms with Gasteiger partial charge in [-0.25, -0.2) is 0 Å². The summed E-state index contributed by atoms with van der Waals surface area (Å²) in [6.45, 7) is 12.2. The highest BCUT2D eigenvalue weighted by Gasteiger charge is 2.48. The number of allylic oxidation sites excluding steroid dienone is 1. The van der Waals surface area contributed by atoms with Gasteiger partial charge in [-0.1, -0.05) is 6.08 Å². The van der Waals surface area contributed by atoms with Crippen molar-refractivity contribution < 1.29 is 19.1 Å². The Bertz CT molecular complexity index is 388. The molecule has 0 bridgehead atoms. The van der Waals surface area contributed by atoms with Crippen LogP contribution in [-0.2, 0) is 19.1 Å². The zero-order valence-electron chi connectivity index (χ0n) is 13.0. The summed E-state index contributed by atoms with van der Waals surface area (Å²) in [4.78, 5) is 24.7. The van der Waals surface area contributed by atoms with Crippen molar-refractivity contribution in [3.05, 3.63) is 12.7 Å². The van der Waals surface area contributed by atoms with E-state index in [0.717, 1.165) is 0 Å². The molecule has 0 aliphatic carbocycles. The van der Waals surface area contributed by atoms with E-state index >= 15 is 0 Å². The molecule has 0 radical (unpaired) electrons. The highest BCUT2D eigenvalue weighted by Crippen LogP contribution is 2.32. The van der Waals surface area contributed by atoms with Crippen molar-refractivity contribution in [3.8, 4) is 11.8 Å². The van der Waals surface area contributed by atoms with Crippen molar-refractivity contribution >= 4 is 11.9 Å². The predicted octanol–water partition coefficient (Wildman–Crippen LogP) is 2.87. The van der Waals surface area contributed by atoms with Crippen LogP contribution in [0.15, 0.2) is 12.7 Å². The number of carbonyl (C=O) groups is 2. The van der Waals surface area contributed by atoms with E-state index in [1.807, 2.05) is 0 Å². The maximum atomic E-state index is 12.4. The molecule has 0 aliphatic rings. The Morgan fingerprint density at radius 1 is 1.15 bits per heavy atom. The van der Waals surface area contributed by atoms with Crippen molar-refractivity contribution in [2.45, 2.75) is 59.7 Å². The summed E-state index contributed by atoms with van der Waals surface area (Å²) in [5.74, 6) is 4.26. The summed E-state index contributed by atoms with van der Waals surface area (Å²) in [6, 6.07) is 0. The highest BCUT2D eigenvalue weighted by molar-refractivity contribution is 6.00. The van der Waals surface area contributed by atoms with Crippen molar-refractivity contribution in [1.82, 2.24) is 0 Å². The molecule has 0 unspecified atom stereocenters. The van der Waals surface area contributed by atoms with E-state index in [1.165, 1.54) is 6.08 Å². The molecule has 0 rings (SSSR count). The third-order valence-electron chi connectivity index (χ3n) is 2.53. The molecule has 0 atom stereocenters. The SMILES string of the molecule is C=CCC(CC#CC)(C(=O)OC(C)C)C(=O)OC(C)C. The Labute approximate surface area is 121 Å². The lowest BCUT2D eigenvalue weighted by molar-refractivity contribution is -0.176. The maximum absolute atomic E-state index is 12.4. The summed E-state index contributed by atoms with van der Waals surface area (Å²) < 4.78 is 10.4. The fraction of sp³-hybridized carbons (Fsp3) is 0.625. The summed E-state index contributed by atoms with van der Waals surface area (Å²) in [5.41, 5.74) is -1.43. The standard InChI is InChI=1S/C16H24O4/c1-7-9-11-16(10-8-2,14(17)19-12(3)4)15(18)20-13(5)6/h8,12-13H,2,10-11H2,1,3-6H3. The first-order valence-electron chi connectivity index (χ1n) is 6.72. The quantitative estimate of drug-likeness (QED) is 0.311. The molecule has 0 saturated carbocycles. The van der Waals surface area contributed by atoms with Crippen molar-refractivity contribution in [2.24, 2.45) is 5.41 Å². The summed E-state index contributed by atoms with van der Waals surface area (Å²) in [5, 5.41) is 0. The number of rotatable bonds is 7. The Morgan fingerprint density at radius 2 is 1.60 bits per heavy atom. The second-order valence-corrected chi connectivity index (χ2v) is 5.09. The number of ether oxygens (including phenoxy) is 2. The molecule has 0 aromatic heterocycles. The van der Waals surface area contributed by atoms with E-state index in [4.69, 9.17) is 9.47 Å². The zero-order valence-corrected chi connectivity index (χ0v) is 13.0. The minimum Gasteiger partial charge on any atom is -0.462 e. The third kappa shape index (κ3) is 5.08. The highest BCUT2D eigenvalue weighted by atomic mass is 16.6. The molecule has 0 heterocycles. The fourth-order valence-corrected chi connectivity index (χ4v) is 1.61. The molecule has 4 heteroatoms. The van der Waals surface area contributed by atoms with Gasteiger partial charge in [0.2, 0.25) is 0 Å². The molecule has 4 nitrogen and oxygen atoms in total. The fourth-order valence-electron chi connectivity index (χ4n) is 1.61. The van der Waals surface area contributed by atoms with Crippen LogP contribution in [0.2, 0.25) is 0 Å². The number of carbonyl (C=O) groups excluding carboxylic acids is 2. The lowest BCUT2D eigenvalue weighted by atomic mass is 9.81. The van der Waals surface area contributed by atoms with Crippen molar-refractivity contribution in [3.63, 3.8) is 0 Å². The molecular weight excluding hydrogens is 256 g/mol. The first kappa shape index (κ1) is 18.2. The van der Waals surface area contributed by atoms with Crippen molar-refractivity contribution in [2.75, 3.05) is 0 Å². The van der Waals surface area contributed by atoms with E-state index < -0.39 is 17.4 Å². The predicted molar refractivity (Wildman–Crippen MR) is 77.8 cm³/mol. The molecule has 0 N–H and O–H groups in total. The Hall–Kier alpha value is -1.76. The second-order valence-electron chi connectivity index (χ2n) is 5.09. The molecule has 112 valence electrons. The Morgan fingerprint density at radius 3 is 1.90 bits per heavy atom. The van der Waals surface area contributed by atoms with Gasteiger partial charge in [-0.2, -0.15) is 0 Å². The molecule has 0 aromatic carbocycles. The smallest absolute Gasteiger partial charge is 0.325 e. The van der Waals surface area contributed by atoms with Gasteiger partial charge in [-0.05, 0) is 41.0 Å². The largest absolute Gasteiger partial charge is 0.462 e. The Balaban J connectivity index is 5.52. The molecule has 20 heavy (non-hydrogen) atoms. The van der Waals surface area contributed by atoms with E-state index in [-0.39, 0.29) is 25.0 Å². The summed E-state index contributed by atoms with van der Waals surface area (Å²) >= 11 is 0. The van der Waals surface area contributed by atoms with Crippen LogP contribution >= 0.6 is 0 Å². The second kappa shape index (κ2) is 8.42. The number of hydrogen-bond acceptors (Lipinski definition) is 4. The molecule has 0 saturated heterocycles. The Kier molecular flexibility index (Phi) is 7.68. The van der Waals surface area contributed by atoms with Crippen LogP contribution in [0.1, 0.15) is 47.5 Å². The van der Waals surface area contributed by atoms with Gasteiger partial charge in [-0.15, -0.1) is 18.4 Å². The average molecular weight is 280 g/mol. The van der Waals surface area contributed by atoms with Crippen LogP contribution < -0.4 is 0 Å².